The van der Waals surface area contributed by atoms with Crippen LogP contribution in [0.3, 0.4) is 0 Å². The van der Waals surface area contributed by atoms with Crippen molar-refractivity contribution in [3.63, 3.8) is 0 Å². The maximum atomic E-state index is 9.89. The predicted molar refractivity (Wildman–Crippen MR) is 33.3 cm³/mol. The number of carbonyl (C=O) groups excluding carboxylic acids is 1. The zero-order valence-electron chi connectivity index (χ0n) is 5.52. The van der Waals surface area contributed by atoms with Gasteiger partial charge in [-0.15, -0.1) is 0 Å². The Morgan fingerprint density at radius 3 is 2.78 bits per heavy atom. The normalized spacial score (nSPS) is 22.8. The van der Waals surface area contributed by atoms with Crippen molar-refractivity contribution in [3.8, 4) is 0 Å². The summed E-state index contributed by atoms with van der Waals surface area (Å²) in [6.45, 7) is 3.92. The molecule has 3 heteroatoms. The Morgan fingerprint density at radius 1 is 1.78 bits per heavy atom. The largest absolute Gasteiger partial charge is 0.377 e. The van der Waals surface area contributed by atoms with E-state index in [1.54, 1.807) is 0 Å². The van der Waals surface area contributed by atoms with Crippen molar-refractivity contribution in [2.24, 2.45) is 0 Å². The topological polar surface area (TPSA) is 38.3 Å². The number of ether oxygens (including phenoxy) is 1. The number of nitrogens with one attached hydrogen (secondary N) is 1. The molecule has 3 nitrogen and oxygen atoms in total. The van der Waals surface area contributed by atoms with Crippen LogP contribution in [0.15, 0.2) is 0 Å². The molecule has 0 aromatic heterocycles. The summed E-state index contributed by atoms with van der Waals surface area (Å²) in [5, 5.41) is 3.05. The van der Waals surface area contributed by atoms with E-state index < -0.39 is 0 Å². The summed E-state index contributed by atoms with van der Waals surface area (Å²) in [7, 11) is 0. The Bertz CT molecular complexity index is 110. The summed E-state index contributed by atoms with van der Waals surface area (Å²) in [6, 6.07) is 0. The highest BCUT2D eigenvalue weighted by molar-refractivity contribution is 5.52. The standard InChI is InChI=1S/C6H11NO2/c1-6(4-9-5-6)7-2-3-8/h3,7H,2,4-5H2,1H3. The number of aldehydes is 1. The molecular weight excluding hydrogens is 118 g/mol. The van der Waals surface area contributed by atoms with Gasteiger partial charge in [0.1, 0.15) is 6.29 Å². The smallest absolute Gasteiger partial charge is 0.133 e. The van der Waals surface area contributed by atoms with Crippen molar-refractivity contribution in [1.82, 2.24) is 5.32 Å². The molecule has 0 spiro atoms. The zero-order chi connectivity index (χ0) is 6.74. The first-order valence-electron chi connectivity index (χ1n) is 3.03. The van der Waals surface area contributed by atoms with Crippen LogP contribution in [-0.2, 0) is 9.53 Å². The first-order chi connectivity index (χ1) is 4.27. The third-order valence-corrected chi connectivity index (χ3v) is 1.45. The van der Waals surface area contributed by atoms with E-state index in [1.165, 1.54) is 0 Å². The SMILES string of the molecule is CC1(NCC=O)COC1. The van der Waals surface area contributed by atoms with Gasteiger partial charge in [0, 0.05) is 0 Å². The molecule has 1 aliphatic rings. The van der Waals surface area contributed by atoms with Crippen LogP contribution >= 0.6 is 0 Å². The van der Waals surface area contributed by atoms with Gasteiger partial charge < -0.3 is 14.8 Å². The summed E-state index contributed by atoms with van der Waals surface area (Å²) in [4.78, 5) is 9.89. The second-order valence-corrected chi connectivity index (χ2v) is 2.60. The molecule has 0 saturated carbocycles. The monoisotopic (exact) mass is 129 g/mol. The average molecular weight is 129 g/mol. The van der Waals surface area contributed by atoms with Crippen LogP contribution in [0.4, 0.5) is 0 Å². The van der Waals surface area contributed by atoms with Gasteiger partial charge in [0.05, 0.1) is 25.3 Å². The van der Waals surface area contributed by atoms with Crippen molar-refractivity contribution in [1.29, 1.82) is 0 Å². The molecule has 0 aliphatic carbocycles. The second-order valence-electron chi connectivity index (χ2n) is 2.60. The highest BCUT2D eigenvalue weighted by Crippen LogP contribution is 2.14. The van der Waals surface area contributed by atoms with Crippen LogP contribution < -0.4 is 5.32 Å². The van der Waals surface area contributed by atoms with Gasteiger partial charge in [-0.25, -0.2) is 0 Å². The van der Waals surface area contributed by atoms with Crippen LogP contribution in [0.1, 0.15) is 6.92 Å². The predicted octanol–water partition coefficient (Wildman–Crippen LogP) is -0.436. The van der Waals surface area contributed by atoms with Crippen molar-refractivity contribution < 1.29 is 9.53 Å². The summed E-state index contributed by atoms with van der Waals surface area (Å²) in [5.41, 5.74) is 0.0703. The van der Waals surface area contributed by atoms with E-state index in [-0.39, 0.29) is 5.54 Å². The van der Waals surface area contributed by atoms with Gasteiger partial charge >= 0.3 is 0 Å². The maximum Gasteiger partial charge on any atom is 0.133 e. The Kier molecular flexibility index (Phi) is 1.83. The molecular formula is C6H11NO2. The fraction of sp³-hybridized carbons (Fsp3) is 0.833. The molecule has 0 unspecified atom stereocenters. The van der Waals surface area contributed by atoms with Crippen LogP contribution in [0.2, 0.25) is 0 Å². The molecule has 1 saturated heterocycles. The lowest BCUT2D eigenvalue weighted by Gasteiger charge is -2.38. The highest BCUT2D eigenvalue weighted by atomic mass is 16.5. The van der Waals surface area contributed by atoms with Crippen molar-refractivity contribution in [2.75, 3.05) is 19.8 Å². The molecule has 1 heterocycles. The fourth-order valence-corrected chi connectivity index (χ4v) is 0.798. The minimum absolute atomic E-state index is 0.0703. The molecule has 0 amide bonds. The van der Waals surface area contributed by atoms with E-state index >= 15 is 0 Å². The summed E-state index contributed by atoms with van der Waals surface area (Å²) < 4.78 is 4.96. The quantitative estimate of drug-likeness (QED) is 0.525. The van der Waals surface area contributed by atoms with E-state index in [0.717, 1.165) is 19.5 Å². The van der Waals surface area contributed by atoms with E-state index in [4.69, 9.17) is 4.74 Å². The molecule has 1 N–H and O–H groups in total. The minimum Gasteiger partial charge on any atom is -0.377 e. The van der Waals surface area contributed by atoms with Crippen molar-refractivity contribution >= 4 is 6.29 Å². The molecule has 0 radical (unpaired) electrons. The van der Waals surface area contributed by atoms with Gasteiger partial charge in [0.25, 0.3) is 0 Å². The Hall–Kier alpha value is -0.410. The molecule has 1 rings (SSSR count). The number of rotatable bonds is 3. The van der Waals surface area contributed by atoms with Gasteiger partial charge in [-0.3, -0.25) is 0 Å². The Labute approximate surface area is 54.4 Å². The van der Waals surface area contributed by atoms with Crippen molar-refractivity contribution in [3.05, 3.63) is 0 Å². The first-order valence-corrected chi connectivity index (χ1v) is 3.03. The average Bonchev–Trinajstić information content (AvgIpc) is 1.79. The third-order valence-electron chi connectivity index (χ3n) is 1.45. The van der Waals surface area contributed by atoms with E-state index in [0.29, 0.717) is 6.54 Å². The lowest BCUT2D eigenvalue weighted by atomic mass is 10.0. The molecule has 0 atom stereocenters. The minimum atomic E-state index is 0.0703. The van der Waals surface area contributed by atoms with Gasteiger partial charge in [-0.2, -0.15) is 0 Å². The number of carbonyl (C=O) groups is 1. The van der Waals surface area contributed by atoms with Crippen molar-refractivity contribution in [2.45, 2.75) is 12.5 Å². The fourth-order valence-electron chi connectivity index (χ4n) is 0.798. The molecule has 0 aromatic carbocycles. The van der Waals surface area contributed by atoms with Crippen LogP contribution in [0.25, 0.3) is 0 Å². The summed E-state index contributed by atoms with van der Waals surface area (Å²) >= 11 is 0. The zero-order valence-corrected chi connectivity index (χ0v) is 5.52. The highest BCUT2D eigenvalue weighted by Gasteiger charge is 2.31. The third kappa shape index (κ3) is 1.50. The molecule has 1 fully saturated rings. The molecule has 9 heavy (non-hydrogen) atoms. The second kappa shape index (κ2) is 2.45. The van der Waals surface area contributed by atoms with Gasteiger partial charge in [0.15, 0.2) is 0 Å². The van der Waals surface area contributed by atoms with E-state index in [1.807, 2.05) is 6.92 Å². The molecule has 52 valence electrons. The molecule has 0 bridgehead atoms. The lowest BCUT2D eigenvalue weighted by Crippen LogP contribution is -2.58. The van der Waals surface area contributed by atoms with Gasteiger partial charge in [0.2, 0.25) is 0 Å². The van der Waals surface area contributed by atoms with Gasteiger partial charge in [-0.1, -0.05) is 0 Å². The number of hydrogen-bond donors (Lipinski definition) is 1. The van der Waals surface area contributed by atoms with E-state index in [9.17, 15) is 4.79 Å². The molecule has 0 aromatic rings. The van der Waals surface area contributed by atoms with Crippen LogP contribution in [0.5, 0.6) is 0 Å². The van der Waals surface area contributed by atoms with Crippen LogP contribution in [0, 0.1) is 0 Å². The first kappa shape index (κ1) is 6.71. The maximum absolute atomic E-state index is 9.89. The van der Waals surface area contributed by atoms with Gasteiger partial charge in [-0.05, 0) is 6.92 Å². The Morgan fingerprint density at radius 2 is 2.44 bits per heavy atom. The molecule has 1 aliphatic heterocycles. The summed E-state index contributed by atoms with van der Waals surface area (Å²) in [5.74, 6) is 0. The Balaban J connectivity index is 2.16. The van der Waals surface area contributed by atoms with Crippen LogP contribution in [-0.4, -0.2) is 31.6 Å². The summed E-state index contributed by atoms with van der Waals surface area (Å²) in [6.07, 6.45) is 0.865. The number of hydrogen-bond acceptors (Lipinski definition) is 3. The lowest BCUT2D eigenvalue weighted by molar-refractivity contribution is -0.109. The van der Waals surface area contributed by atoms with E-state index in [2.05, 4.69) is 5.32 Å².